The summed E-state index contributed by atoms with van der Waals surface area (Å²) in [5, 5.41) is 9.87. The Morgan fingerprint density at radius 3 is 2.47 bits per heavy atom. The van der Waals surface area contributed by atoms with Crippen molar-refractivity contribution < 1.29 is 9.47 Å². The summed E-state index contributed by atoms with van der Waals surface area (Å²) in [6.45, 7) is 1.75. The predicted octanol–water partition coefficient (Wildman–Crippen LogP) is 1.74. The summed E-state index contributed by atoms with van der Waals surface area (Å²) >= 11 is 0. The Morgan fingerprint density at radius 1 is 1.26 bits per heavy atom. The van der Waals surface area contributed by atoms with Gasteiger partial charge >= 0.3 is 0 Å². The van der Waals surface area contributed by atoms with E-state index < -0.39 is 0 Å². The van der Waals surface area contributed by atoms with Crippen LogP contribution in [0.25, 0.3) is 10.9 Å². The average molecular weight is 258 g/mol. The van der Waals surface area contributed by atoms with E-state index in [0.29, 0.717) is 22.6 Å². The monoisotopic (exact) mass is 258 g/mol. The molecule has 0 aliphatic heterocycles. The minimum absolute atomic E-state index is 0.137. The Balaban J connectivity index is 3.08. The molecule has 0 fully saturated rings. The van der Waals surface area contributed by atoms with Crippen LogP contribution in [0.4, 0.5) is 0 Å². The number of aromatic nitrogens is 1. The third kappa shape index (κ3) is 1.82. The van der Waals surface area contributed by atoms with Gasteiger partial charge in [-0.05, 0) is 12.5 Å². The van der Waals surface area contributed by atoms with Crippen LogP contribution in [0, 0.1) is 18.3 Å². The number of aryl methyl sites for hydroxylation is 2. The van der Waals surface area contributed by atoms with E-state index >= 15 is 0 Å². The summed E-state index contributed by atoms with van der Waals surface area (Å²) in [5.74, 6) is 1.18. The fourth-order valence-electron chi connectivity index (χ4n) is 2.19. The normalized spacial score (nSPS) is 10.3. The largest absolute Gasteiger partial charge is 0.497 e. The van der Waals surface area contributed by atoms with Crippen molar-refractivity contribution in [3.8, 4) is 17.6 Å². The number of fused-ring (bicyclic) bond motifs is 1. The second-order valence-electron chi connectivity index (χ2n) is 4.20. The predicted molar refractivity (Wildman–Crippen MR) is 71.7 cm³/mol. The third-order valence-electron chi connectivity index (χ3n) is 3.25. The molecule has 0 saturated heterocycles. The lowest BCUT2D eigenvalue weighted by molar-refractivity contribution is 0.397. The van der Waals surface area contributed by atoms with Crippen LogP contribution in [-0.2, 0) is 7.05 Å². The third-order valence-corrected chi connectivity index (χ3v) is 3.25. The maximum absolute atomic E-state index is 12.1. The van der Waals surface area contributed by atoms with Crippen molar-refractivity contribution in [3.05, 3.63) is 33.6 Å². The molecule has 1 aromatic carbocycles. The maximum atomic E-state index is 12.1. The lowest BCUT2D eigenvalue weighted by Crippen LogP contribution is -2.21. The molecule has 5 nitrogen and oxygen atoms in total. The van der Waals surface area contributed by atoms with Gasteiger partial charge in [0.2, 0.25) is 0 Å². The summed E-state index contributed by atoms with van der Waals surface area (Å²) in [6.07, 6.45) is 0. The topological polar surface area (TPSA) is 64.2 Å². The fraction of sp³-hybridized carbons (Fsp3) is 0.286. The van der Waals surface area contributed by atoms with Crippen LogP contribution in [0.1, 0.15) is 11.1 Å². The summed E-state index contributed by atoms with van der Waals surface area (Å²) in [5.41, 5.74) is 1.12. The smallest absolute Gasteiger partial charge is 0.268 e. The molecule has 0 N–H and O–H groups in total. The Bertz CT molecular complexity index is 754. The lowest BCUT2D eigenvalue weighted by Gasteiger charge is -2.14. The zero-order valence-corrected chi connectivity index (χ0v) is 11.3. The Hall–Kier alpha value is -2.48. The van der Waals surface area contributed by atoms with Crippen molar-refractivity contribution >= 4 is 10.9 Å². The molecule has 0 spiro atoms. The molecule has 0 unspecified atom stereocenters. The Kier molecular flexibility index (Phi) is 3.17. The van der Waals surface area contributed by atoms with Gasteiger partial charge in [-0.3, -0.25) is 4.79 Å². The van der Waals surface area contributed by atoms with Crippen LogP contribution in [0.15, 0.2) is 16.9 Å². The zero-order valence-electron chi connectivity index (χ0n) is 11.3. The number of methoxy groups -OCH3 is 2. The molecule has 2 rings (SSSR count). The van der Waals surface area contributed by atoms with Gasteiger partial charge in [0.1, 0.15) is 23.1 Å². The second kappa shape index (κ2) is 4.65. The lowest BCUT2D eigenvalue weighted by atomic mass is 10.0. The molecule has 19 heavy (non-hydrogen) atoms. The molecule has 98 valence electrons. The first-order chi connectivity index (χ1) is 9.04. The first-order valence-corrected chi connectivity index (χ1v) is 5.70. The molecule has 1 heterocycles. The van der Waals surface area contributed by atoms with Crippen LogP contribution in [-0.4, -0.2) is 18.8 Å². The maximum Gasteiger partial charge on any atom is 0.268 e. The number of nitrogens with zero attached hydrogens (tertiary/aromatic N) is 2. The number of rotatable bonds is 2. The van der Waals surface area contributed by atoms with Crippen molar-refractivity contribution in [2.45, 2.75) is 6.92 Å². The van der Waals surface area contributed by atoms with E-state index in [1.54, 1.807) is 40.3 Å². The molecule has 0 atom stereocenters. The molecule has 0 radical (unpaired) electrons. The van der Waals surface area contributed by atoms with Crippen LogP contribution in [0.3, 0.4) is 0 Å². The minimum Gasteiger partial charge on any atom is -0.497 e. The first-order valence-electron chi connectivity index (χ1n) is 5.70. The van der Waals surface area contributed by atoms with Gasteiger partial charge in [0, 0.05) is 24.6 Å². The van der Waals surface area contributed by atoms with Gasteiger partial charge < -0.3 is 14.0 Å². The van der Waals surface area contributed by atoms with E-state index in [-0.39, 0.29) is 11.1 Å². The molecule has 5 heteroatoms. The van der Waals surface area contributed by atoms with E-state index in [9.17, 15) is 4.79 Å². The average Bonchev–Trinajstić information content (AvgIpc) is 2.44. The molecule has 0 bridgehead atoms. The highest BCUT2D eigenvalue weighted by molar-refractivity contribution is 5.91. The van der Waals surface area contributed by atoms with E-state index in [4.69, 9.17) is 14.7 Å². The highest BCUT2D eigenvalue weighted by atomic mass is 16.5. The van der Waals surface area contributed by atoms with Crippen LogP contribution >= 0.6 is 0 Å². The number of ether oxygens (including phenoxy) is 2. The SMILES string of the molecule is COc1cc(OC)c2c(C)c(C#N)c(=O)n(C)c2c1. The van der Waals surface area contributed by atoms with Gasteiger partial charge in [-0.1, -0.05) is 0 Å². The highest BCUT2D eigenvalue weighted by Gasteiger charge is 2.16. The molecule has 0 amide bonds. The van der Waals surface area contributed by atoms with Gasteiger partial charge in [0.05, 0.1) is 19.7 Å². The van der Waals surface area contributed by atoms with Gasteiger partial charge in [-0.2, -0.15) is 5.26 Å². The summed E-state index contributed by atoms with van der Waals surface area (Å²) in [4.78, 5) is 12.1. The van der Waals surface area contributed by atoms with Crippen molar-refractivity contribution in [2.75, 3.05) is 14.2 Å². The standard InChI is InChI=1S/C14H14N2O3/c1-8-10(7-15)14(17)16(2)11-5-9(18-3)6-12(19-4)13(8)11/h5-6H,1-4H3. The molecule has 0 aliphatic rings. The van der Waals surface area contributed by atoms with E-state index in [1.807, 2.05) is 6.07 Å². The van der Waals surface area contributed by atoms with Crippen molar-refractivity contribution in [3.63, 3.8) is 0 Å². The molecule has 0 saturated carbocycles. The summed E-state index contributed by atoms with van der Waals surface area (Å²) < 4.78 is 12.0. The van der Waals surface area contributed by atoms with E-state index in [0.717, 1.165) is 5.39 Å². The Morgan fingerprint density at radius 2 is 1.95 bits per heavy atom. The van der Waals surface area contributed by atoms with Crippen molar-refractivity contribution in [1.29, 1.82) is 5.26 Å². The van der Waals surface area contributed by atoms with E-state index in [1.165, 1.54) is 4.57 Å². The minimum atomic E-state index is -0.317. The number of benzene rings is 1. The van der Waals surface area contributed by atoms with Crippen LogP contribution in [0.5, 0.6) is 11.5 Å². The molecular weight excluding hydrogens is 244 g/mol. The molecule has 0 aliphatic carbocycles. The summed E-state index contributed by atoms with van der Waals surface area (Å²) in [7, 11) is 4.73. The fourth-order valence-corrected chi connectivity index (χ4v) is 2.19. The molecular formula is C14H14N2O3. The van der Waals surface area contributed by atoms with Gasteiger partial charge in [0.25, 0.3) is 5.56 Å². The quantitative estimate of drug-likeness (QED) is 0.823. The molecule has 1 aromatic heterocycles. The zero-order chi connectivity index (χ0) is 14.2. The first kappa shape index (κ1) is 13.0. The highest BCUT2D eigenvalue weighted by Crippen LogP contribution is 2.33. The number of hydrogen-bond donors (Lipinski definition) is 0. The van der Waals surface area contributed by atoms with Crippen molar-refractivity contribution in [1.82, 2.24) is 4.57 Å². The van der Waals surface area contributed by atoms with Crippen LogP contribution in [0.2, 0.25) is 0 Å². The van der Waals surface area contributed by atoms with Gasteiger partial charge in [-0.15, -0.1) is 0 Å². The summed E-state index contributed by atoms with van der Waals surface area (Å²) in [6, 6.07) is 5.45. The van der Waals surface area contributed by atoms with Gasteiger partial charge in [-0.25, -0.2) is 0 Å². The molecule has 2 aromatic rings. The Labute approximate surface area is 110 Å². The van der Waals surface area contributed by atoms with Gasteiger partial charge in [0.15, 0.2) is 0 Å². The number of pyridine rings is 1. The van der Waals surface area contributed by atoms with Crippen LogP contribution < -0.4 is 15.0 Å². The van der Waals surface area contributed by atoms with E-state index in [2.05, 4.69) is 0 Å². The number of nitriles is 1. The number of hydrogen-bond acceptors (Lipinski definition) is 4. The van der Waals surface area contributed by atoms with Crippen molar-refractivity contribution in [2.24, 2.45) is 7.05 Å². The second-order valence-corrected chi connectivity index (χ2v) is 4.20.